The van der Waals surface area contributed by atoms with Crippen LogP contribution in [0.4, 0.5) is 11.4 Å². The van der Waals surface area contributed by atoms with Crippen molar-refractivity contribution in [1.82, 2.24) is 0 Å². The van der Waals surface area contributed by atoms with Gasteiger partial charge in [0.05, 0.1) is 24.6 Å². The molecule has 0 bridgehead atoms. The summed E-state index contributed by atoms with van der Waals surface area (Å²) >= 11 is 4.24. The maximum absolute atomic E-state index is 5.80. The third kappa shape index (κ3) is 10.7. The minimum atomic E-state index is 0.759. The van der Waals surface area contributed by atoms with Crippen molar-refractivity contribution in [1.29, 1.82) is 0 Å². The molecular formula is C25H36N2O2S. The van der Waals surface area contributed by atoms with E-state index in [0.29, 0.717) is 0 Å². The van der Waals surface area contributed by atoms with Gasteiger partial charge in [-0.15, -0.1) is 0 Å². The summed E-state index contributed by atoms with van der Waals surface area (Å²) in [5.41, 5.74) is 1.62. The third-order valence-electron chi connectivity index (χ3n) is 4.79. The molecule has 0 aliphatic rings. The number of hydrogen-bond acceptors (Lipinski definition) is 5. The molecule has 5 heteroatoms. The number of unbranched alkanes of at least 4 members (excludes halogenated alkanes) is 7. The van der Waals surface area contributed by atoms with Crippen LogP contribution in [0, 0.1) is 0 Å². The first kappa shape index (κ1) is 24.3. The molecule has 0 aliphatic heterocycles. The van der Waals surface area contributed by atoms with Crippen LogP contribution in [-0.4, -0.2) is 19.0 Å². The van der Waals surface area contributed by atoms with Gasteiger partial charge in [0.1, 0.15) is 11.5 Å². The normalized spacial score (nSPS) is 11.1. The van der Waals surface area contributed by atoms with Gasteiger partial charge in [-0.1, -0.05) is 45.4 Å². The average Bonchev–Trinajstić information content (AvgIpc) is 2.78. The summed E-state index contributed by atoms with van der Waals surface area (Å²) < 4.78 is 11.6. The first-order valence-electron chi connectivity index (χ1n) is 11.3. The first-order valence-corrected chi connectivity index (χ1v) is 11.9. The number of nitrogens with zero attached hydrogens (tertiary/aromatic N) is 2. The zero-order chi connectivity index (χ0) is 21.3. The summed E-state index contributed by atoms with van der Waals surface area (Å²) in [4.78, 5) is 0. The SMILES string of the molecule is CCCCCCOc1ccc(N=Nc2ccc(OCCCCCCCS)cc2)cc1. The van der Waals surface area contributed by atoms with E-state index in [1.807, 2.05) is 48.5 Å². The van der Waals surface area contributed by atoms with Gasteiger partial charge in [-0.2, -0.15) is 22.9 Å². The molecule has 0 atom stereocenters. The largest absolute Gasteiger partial charge is 0.494 e. The smallest absolute Gasteiger partial charge is 0.119 e. The fourth-order valence-electron chi connectivity index (χ4n) is 2.99. The molecule has 0 N–H and O–H groups in total. The van der Waals surface area contributed by atoms with Crippen LogP contribution in [0.15, 0.2) is 58.8 Å². The quantitative estimate of drug-likeness (QED) is 0.166. The summed E-state index contributed by atoms with van der Waals surface area (Å²) in [6.07, 6.45) is 10.9. The molecule has 0 fully saturated rings. The number of benzene rings is 2. The molecule has 2 aromatic carbocycles. The van der Waals surface area contributed by atoms with Crippen molar-refractivity contribution in [3.63, 3.8) is 0 Å². The van der Waals surface area contributed by atoms with Gasteiger partial charge in [0.25, 0.3) is 0 Å². The fraction of sp³-hybridized carbons (Fsp3) is 0.520. The Bertz CT molecular complexity index is 702. The number of azo groups is 1. The molecule has 164 valence electrons. The highest BCUT2D eigenvalue weighted by atomic mass is 32.1. The van der Waals surface area contributed by atoms with E-state index in [4.69, 9.17) is 9.47 Å². The van der Waals surface area contributed by atoms with Crippen LogP contribution in [0.3, 0.4) is 0 Å². The lowest BCUT2D eigenvalue weighted by Crippen LogP contribution is -1.97. The van der Waals surface area contributed by atoms with Crippen LogP contribution < -0.4 is 9.47 Å². The van der Waals surface area contributed by atoms with Crippen LogP contribution in [0.5, 0.6) is 11.5 Å². The lowest BCUT2D eigenvalue weighted by Gasteiger charge is -2.06. The maximum Gasteiger partial charge on any atom is 0.119 e. The molecule has 0 aromatic heterocycles. The molecule has 0 saturated heterocycles. The number of ether oxygens (including phenoxy) is 2. The fourth-order valence-corrected chi connectivity index (χ4v) is 3.21. The standard InChI is InChI=1S/C25H36N2O2S/c1-2-3-4-8-19-28-24-15-11-22(12-16-24)26-27-23-13-17-25(18-14-23)29-20-9-6-5-7-10-21-30/h11-18,30H,2-10,19-21H2,1H3. The van der Waals surface area contributed by atoms with Gasteiger partial charge in [0, 0.05) is 0 Å². The van der Waals surface area contributed by atoms with Gasteiger partial charge in [-0.3, -0.25) is 0 Å². The van der Waals surface area contributed by atoms with Gasteiger partial charge < -0.3 is 9.47 Å². The number of rotatable bonds is 16. The van der Waals surface area contributed by atoms with Crippen molar-refractivity contribution in [2.75, 3.05) is 19.0 Å². The summed E-state index contributed by atoms with van der Waals surface area (Å²) in [5.74, 6) is 2.75. The second kappa shape index (κ2) is 15.8. The summed E-state index contributed by atoms with van der Waals surface area (Å²) in [6.45, 7) is 3.74. The van der Waals surface area contributed by atoms with E-state index in [2.05, 4.69) is 29.8 Å². The van der Waals surface area contributed by atoms with E-state index in [9.17, 15) is 0 Å². The Hall–Kier alpha value is -2.01. The highest BCUT2D eigenvalue weighted by Crippen LogP contribution is 2.23. The van der Waals surface area contributed by atoms with Crippen LogP contribution in [0.1, 0.15) is 64.7 Å². The Morgan fingerprint density at radius 1 is 0.600 bits per heavy atom. The molecule has 0 aliphatic carbocycles. The monoisotopic (exact) mass is 428 g/mol. The van der Waals surface area contributed by atoms with Gasteiger partial charge in [0.15, 0.2) is 0 Å². The van der Waals surface area contributed by atoms with E-state index >= 15 is 0 Å². The van der Waals surface area contributed by atoms with Gasteiger partial charge in [-0.25, -0.2) is 0 Å². The van der Waals surface area contributed by atoms with Gasteiger partial charge in [-0.05, 0) is 73.5 Å². The van der Waals surface area contributed by atoms with Crippen LogP contribution >= 0.6 is 12.6 Å². The Labute approximate surface area is 187 Å². The molecule has 30 heavy (non-hydrogen) atoms. The molecule has 0 radical (unpaired) electrons. The Morgan fingerprint density at radius 2 is 1.03 bits per heavy atom. The second-order valence-corrected chi connectivity index (χ2v) is 7.88. The summed E-state index contributed by atoms with van der Waals surface area (Å²) in [5, 5.41) is 8.61. The van der Waals surface area contributed by atoms with Crippen molar-refractivity contribution in [2.24, 2.45) is 10.2 Å². The van der Waals surface area contributed by atoms with E-state index in [0.717, 1.165) is 54.7 Å². The van der Waals surface area contributed by atoms with Crippen molar-refractivity contribution >= 4 is 24.0 Å². The van der Waals surface area contributed by atoms with E-state index < -0.39 is 0 Å². The van der Waals surface area contributed by atoms with Gasteiger partial charge in [0.2, 0.25) is 0 Å². The molecule has 2 aromatic rings. The Kier molecular flexibility index (Phi) is 12.8. The predicted octanol–water partition coefficient (Wildman–Crippen LogP) is 8.32. The lowest BCUT2D eigenvalue weighted by molar-refractivity contribution is 0.304. The minimum Gasteiger partial charge on any atom is -0.494 e. The second-order valence-electron chi connectivity index (χ2n) is 7.44. The Morgan fingerprint density at radius 3 is 1.50 bits per heavy atom. The van der Waals surface area contributed by atoms with E-state index in [1.165, 1.54) is 44.9 Å². The summed E-state index contributed by atoms with van der Waals surface area (Å²) in [6, 6.07) is 15.5. The van der Waals surface area contributed by atoms with Crippen LogP contribution in [-0.2, 0) is 0 Å². The predicted molar refractivity (Wildman–Crippen MR) is 129 cm³/mol. The molecular weight excluding hydrogens is 392 g/mol. The van der Waals surface area contributed by atoms with Crippen LogP contribution in [0.2, 0.25) is 0 Å². The highest BCUT2D eigenvalue weighted by molar-refractivity contribution is 7.80. The highest BCUT2D eigenvalue weighted by Gasteiger charge is 1.98. The van der Waals surface area contributed by atoms with E-state index in [-0.39, 0.29) is 0 Å². The summed E-state index contributed by atoms with van der Waals surface area (Å²) in [7, 11) is 0. The number of hydrogen-bond donors (Lipinski definition) is 1. The first-order chi connectivity index (χ1) is 14.8. The van der Waals surface area contributed by atoms with Crippen molar-refractivity contribution in [2.45, 2.75) is 64.7 Å². The van der Waals surface area contributed by atoms with E-state index in [1.54, 1.807) is 0 Å². The molecule has 0 heterocycles. The molecule has 0 saturated carbocycles. The molecule has 0 unspecified atom stereocenters. The third-order valence-corrected chi connectivity index (χ3v) is 5.11. The van der Waals surface area contributed by atoms with Crippen molar-refractivity contribution < 1.29 is 9.47 Å². The number of thiol groups is 1. The average molecular weight is 429 g/mol. The lowest BCUT2D eigenvalue weighted by atomic mass is 10.2. The minimum absolute atomic E-state index is 0.759. The molecule has 0 amide bonds. The van der Waals surface area contributed by atoms with Crippen molar-refractivity contribution in [3.05, 3.63) is 48.5 Å². The van der Waals surface area contributed by atoms with Crippen molar-refractivity contribution in [3.8, 4) is 11.5 Å². The zero-order valence-electron chi connectivity index (χ0n) is 18.3. The molecule has 2 rings (SSSR count). The zero-order valence-corrected chi connectivity index (χ0v) is 19.2. The maximum atomic E-state index is 5.80. The topological polar surface area (TPSA) is 43.2 Å². The molecule has 0 spiro atoms. The molecule has 4 nitrogen and oxygen atoms in total. The van der Waals surface area contributed by atoms with Gasteiger partial charge >= 0.3 is 0 Å². The van der Waals surface area contributed by atoms with Crippen LogP contribution in [0.25, 0.3) is 0 Å². The Balaban J connectivity index is 1.68.